The van der Waals surface area contributed by atoms with Crippen LogP contribution in [0.15, 0.2) is 18.2 Å². The van der Waals surface area contributed by atoms with Gasteiger partial charge in [0.25, 0.3) is 0 Å². The Hall–Kier alpha value is -0.280. The van der Waals surface area contributed by atoms with Crippen LogP contribution in [0.3, 0.4) is 0 Å². The Morgan fingerprint density at radius 3 is 2.69 bits per heavy atom. The topological polar surface area (TPSA) is 23.5 Å². The molecule has 0 aromatic heterocycles. The fourth-order valence-electron chi connectivity index (χ4n) is 2.16. The SMILES string of the molecule is CCN1CCC(O)(c2ccc(Cl)c(Cl)c2)C1. The largest absolute Gasteiger partial charge is 0.384 e. The smallest absolute Gasteiger partial charge is 0.104 e. The van der Waals surface area contributed by atoms with Crippen LogP contribution < -0.4 is 0 Å². The molecule has 0 spiro atoms. The first kappa shape index (κ1) is 12.2. The molecule has 1 aromatic carbocycles. The van der Waals surface area contributed by atoms with E-state index in [-0.39, 0.29) is 0 Å². The molecule has 0 aliphatic carbocycles. The van der Waals surface area contributed by atoms with E-state index in [0.29, 0.717) is 16.6 Å². The number of likely N-dealkylation sites (N-methyl/N-ethyl adjacent to an activating group) is 1. The number of benzene rings is 1. The molecule has 1 aliphatic heterocycles. The number of hydrogen-bond donors (Lipinski definition) is 1. The molecule has 1 aromatic rings. The van der Waals surface area contributed by atoms with Crippen molar-refractivity contribution in [2.24, 2.45) is 0 Å². The van der Waals surface area contributed by atoms with Gasteiger partial charge in [-0.2, -0.15) is 0 Å². The molecule has 2 rings (SSSR count). The second-order valence-electron chi connectivity index (χ2n) is 4.28. The zero-order valence-electron chi connectivity index (χ0n) is 9.21. The van der Waals surface area contributed by atoms with E-state index >= 15 is 0 Å². The summed E-state index contributed by atoms with van der Waals surface area (Å²) in [6, 6.07) is 5.36. The predicted octanol–water partition coefficient (Wildman–Crippen LogP) is 2.91. The van der Waals surface area contributed by atoms with Crippen LogP contribution in [0.25, 0.3) is 0 Å². The molecule has 1 saturated heterocycles. The van der Waals surface area contributed by atoms with Crippen molar-refractivity contribution in [2.75, 3.05) is 19.6 Å². The van der Waals surface area contributed by atoms with Crippen molar-refractivity contribution < 1.29 is 5.11 Å². The van der Waals surface area contributed by atoms with Gasteiger partial charge in [0.05, 0.1) is 10.0 Å². The van der Waals surface area contributed by atoms with Crippen molar-refractivity contribution in [3.05, 3.63) is 33.8 Å². The molecule has 1 N–H and O–H groups in total. The minimum absolute atomic E-state index is 0.502. The van der Waals surface area contributed by atoms with Crippen LogP contribution in [0.2, 0.25) is 10.0 Å². The van der Waals surface area contributed by atoms with Crippen molar-refractivity contribution in [2.45, 2.75) is 18.9 Å². The molecular weight excluding hydrogens is 245 g/mol. The van der Waals surface area contributed by atoms with E-state index in [1.54, 1.807) is 12.1 Å². The van der Waals surface area contributed by atoms with E-state index in [1.807, 2.05) is 6.07 Å². The first-order chi connectivity index (χ1) is 7.55. The fraction of sp³-hybridized carbons (Fsp3) is 0.500. The average molecular weight is 260 g/mol. The maximum Gasteiger partial charge on any atom is 0.104 e. The maximum atomic E-state index is 10.5. The van der Waals surface area contributed by atoms with Crippen LogP contribution >= 0.6 is 23.2 Å². The molecular formula is C12H15Cl2NO. The third-order valence-corrected chi connectivity index (χ3v) is 3.97. The van der Waals surface area contributed by atoms with E-state index in [9.17, 15) is 5.11 Å². The molecule has 1 unspecified atom stereocenters. The molecule has 16 heavy (non-hydrogen) atoms. The Balaban J connectivity index is 2.27. The van der Waals surface area contributed by atoms with Gasteiger partial charge in [0, 0.05) is 13.1 Å². The quantitative estimate of drug-likeness (QED) is 0.883. The first-order valence-corrected chi connectivity index (χ1v) is 6.21. The summed E-state index contributed by atoms with van der Waals surface area (Å²) < 4.78 is 0. The molecule has 1 aliphatic rings. The molecule has 0 bridgehead atoms. The molecule has 1 atom stereocenters. The van der Waals surface area contributed by atoms with Gasteiger partial charge in [0.1, 0.15) is 5.60 Å². The average Bonchev–Trinajstić information content (AvgIpc) is 2.66. The third kappa shape index (κ3) is 2.21. The highest BCUT2D eigenvalue weighted by molar-refractivity contribution is 6.42. The monoisotopic (exact) mass is 259 g/mol. The molecule has 4 heteroatoms. The van der Waals surface area contributed by atoms with Crippen LogP contribution in [-0.4, -0.2) is 29.6 Å². The van der Waals surface area contributed by atoms with E-state index in [4.69, 9.17) is 23.2 Å². The number of likely N-dealkylation sites (tertiary alicyclic amines) is 1. The van der Waals surface area contributed by atoms with Crippen LogP contribution in [-0.2, 0) is 5.60 Å². The number of hydrogen-bond acceptors (Lipinski definition) is 2. The van der Waals surface area contributed by atoms with Gasteiger partial charge in [-0.3, -0.25) is 0 Å². The molecule has 1 fully saturated rings. The lowest BCUT2D eigenvalue weighted by Gasteiger charge is -2.24. The van der Waals surface area contributed by atoms with Gasteiger partial charge < -0.3 is 10.0 Å². The zero-order valence-corrected chi connectivity index (χ0v) is 10.7. The fourth-order valence-corrected chi connectivity index (χ4v) is 2.46. The molecule has 2 nitrogen and oxygen atoms in total. The van der Waals surface area contributed by atoms with Crippen molar-refractivity contribution in [1.29, 1.82) is 0 Å². The van der Waals surface area contributed by atoms with Crippen molar-refractivity contribution in [3.8, 4) is 0 Å². The van der Waals surface area contributed by atoms with Gasteiger partial charge in [-0.25, -0.2) is 0 Å². The summed E-state index contributed by atoms with van der Waals surface area (Å²) in [5, 5.41) is 11.6. The van der Waals surface area contributed by atoms with E-state index < -0.39 is 5.60 Å². The lowest BCUT2D eigenvalue weighted by atomic mass is 9.93. The van der Waals surface area contributed by atoms with Crippen molar-refractivity contribution in [1.82, 2.24) is 4.90 Å². The van der Waals surface area contributed by atoms with E-state index in [0.717, 1.165) is 25.1 Å². The van der Waals surface area contributed by atoms with Crippen LogP contribution in [0.1, 0.15) is 18.9 Å². The Morgan fingerprint density at radius 1 is 1.38 bits per heavy atom. The normalized spacial score (nSPS) is 26.2. The standard InChI is InChI=1S/C12H15Cl2NO/c1-2-15-6-5-12(16,8-15)9-3-4-10(13)11(14)7-9/h3-4,7,16H,2,5-6,8H2,1H3. The predicted molar refractivity (Wildman–Crippen MR) is 67.1 cm³/mol. The molecule has 0 amide bonds. The highest BCUT2D eigenvalue weighted by atomic mass is 35.5. The van der Waals surface area contributed by atoms with Crippen molar-refractivity contribution in [3.63, 3.8) is 0 Å². The van der Waals surface area contributed by atoms with Crippen molar-refractivity contribution >= 4 is 23.2 Å². The number of nitrogens with zero attached hydrogens (tertiary/aromatic N) is 1. The number of β-amino-alcohol motifs (C(OH)–C–C–N with tert-alkyl or cyclic N) is 1. The summed E-state index contributed by atoms with van der Waals surface area (Å²) in [4.78, 5) is 2.22. The summed E-state index contributed by atoms with van der Waals surface area (Å²) in [5.74, 6) is 0. The minimum atomic E-state index is -0.774. The summed E-state index contributed by atoms with van der Waals surface area (Å²) in [7, 11) is 0. The number of aliphatic hydroxyl groups is 1. The highest BCUT2D eigenvalue weighted by Crippen LogP contribution is 2.34. The number of halogens is 2. The second-order valence-corrected chi connectivity index (χ2v) is 5.09. The van der Waals surface area contributed by atoms with Gasteiger partial charge in [-0.05, 0) is 30.7 Å². The summed E-state index contributed by atoms with van der Waals surface area (Å²) in [6.45, 7) is 4.65. The van der Waals surface area contributed by atoms with Gasteiger partial charge in [-0.15, -0.1) is 0 Å². The van der Waals surface area contributed by atoms with Gasteiger partial charge >= 0.3 is 0 Å². The zero-order chi connectivity index (χ0) is 11.8. The van der Waals surface area contributed by atoms with E-state index in [2.05, 4.69) is 11.8 Å². The second kappa shape index (κ2) is 4.53. The molecule has 0 saturated carbocycles. The minimum Gasteiger partial charge on any atom is -0.384 e. The summed E-state index contributed by atoms with van der Waals surface area (Å²) >= 11 is 11.8. The Bertz CT molecular complexity index is 397. The Morgan fingerprint density at radius 2 is 2.12 bits per heavy atom. The lowest BCUT2D eigenvalue weighted by Crippen LogP contribution is -2.30. The van der Waals surface area contributed by atoms with E-state index in [1.165, 1.54) is 0 Å². The number of rotatable bonds is 2. The highest BCUT2D eigenvalue weighted by Gasteiger charge is 2.37. The summed E-state index contributed by atoms with van der Waals surface area (Å²) in [5.41, 5.74) is 0.0855. The molecule has 0 radical (unpaired) electrons. The van der Waals surface area contributed by atoms with Gasteiger partial charge in [-0.1, -0.05) is 36.2 Å². The Labute approximate surface area is 106 Å². The van der Waals surface area contributed by atoms with Crippen LogP contribution in [0.5, 0.6) is 0 Å². The molecule has 1 heterocycles. The van der Waals surface area contributed by atoms with Crippen LogP contribution in [0.4, 0.5) is 0 Å². The van der Waals surface area contributed by atoms with Crippen LogP contribution in [0, 0.1) is 0 Å². The molecule has 88 valence electrons. The first-order valence-electron chi connectivity index (χ1n) is 5.45. The third-order valence-electron chi connectivity index (χ3n) is 3.23. The Kier molecular flexibility index (Phi) is 3.45. The van der Waals surface area contributed by atoms with Gasteiger partial charge in [0.2, 0.25) is 0 Å². The summed E-state index contributed by atoms with van der Waals surface area (Å²) in [6.07, 6.45) is 0.749. The van der Waals surface area contributed by atoms with Gasteiger partial charge in [0.15, 0.2) is 0 Å². The maximum absolute atomic E-state index is 10.5. The lowest BCUT2D eigenvalue weighted by molar-refractivity contribution is 0.0467.